The van der Waals surface area contributed by atoms with Gasteiger partial charge in [-0.2, -0.15) is 0 Å². The zero-order valence-electron chi connectivity index (χ0n) is 13.5. The number of nitrogen functional groups attached to an aromatic ring is 1. The molecule has 0 atom stereocenters. The van der Waals surface area contributed by atoms with Crippen molar-refractivity contribution >= 4 is 44.7 Å². The number of halogens is 1. The van der Waals surface area contributed by atoms with Crippen molar-refractivity contribution in [3.63, 3.8) is 0 Å². The van der Waals surface area contributed by atoms with Gasteiger partial charge in [0.1, 0.15) is 10.7 Å². The maximum Gasteiger partial charge on any atom is 0.330 e. The van der Waals surface area contributed by atoms with E-state index >= 15 is 0 Å². The normalized spacial score (nSPS) is 10.8. The van der Waals surface area contributed by atoms with Crippen molar-refractivity contribution < 1.29 is 4.79 Å². The summed E-state index contributed by atoms with van der Waals surface area (Å²) < 4.78 is 1.96. The van der Waals surface area contributed by atoms with Gasteiger partial charge in [0.15, 0.2) is 5.69 Å². The lowest BCUT2D eigenvalue weighted by Crippen LogP contribution is -2.41. The molecule has 0 bridgehead atoms. The molecule has 0 saturated carbocycles. The van der Waals surface area contributed by atoms with Gasteiger partial charge in [-0.05, 0) is 40.7 Å². The molecule has 24 heavy (non-hydrogen) atoms. The summed E-state index contributed by atoms with van der Waals surface area (Å²) in [4.78, 5) is 41.1. The SMILES string of the molecule is CCCCn1c(N)c(N(CC)C(=O)c2sccc2Br)c(=O)[nH]c1=O. The van der Waals surface area contributed by atoms with Crippen molar-refractivity contribution in [3.05, 3.63) is 41.6 Å². The largest absolute Gasteiger partial charge is 0.383 e. The number of hydrogen-bond donors (Lipinski definition) is 2. The van der Waals surface area contributed by atoms with E-state index in [1.54, 1.807) is 18.4 Å². The van der Waals surface area contributed by atoms with Crippen LogP contribution in [0, 0.1) is 0 Å². The van der Waals surface area contributed by atoms with Gasteiger partial charge in [0.2, 0.25) is 0 Å². The Bertz CT molecular complexity index is 855. The lowest BCUT2D eigenvalue weighted by Gasteiger charge is -2.22. The molecule has 0 aliphatic heterocycles. The predicted octanol–water partition coefficient (Wildman–Crippen LogP) is 2.41. The third kappa shape index (κ3) is 3.46. The third-order valence-electron chi connectivity index (χ3n) is 3.59. The van der Waals surface area contributed by atoms with Crippen molar-refractivity contribution in [3.8, 4) is 0 Å². The summed E-state index contributed by atoms with van der Waals surface area (Å²) >= 11 is 4.59. The van der Waals surface area contributed by atoms with Gasteiger partial charge in [-0.25, -0.2) is 4.79 Å². The molecule has 0 spiro atoms. The van der Waals surface area contributed by atoms with Gasteiger partial charge >= 0.3 is 5.69 Å². The smallest absolute Gasteiger partial charge is 0.330 e. The number of hydrogen-bond acceptors (Lipinski definition) is 5. The van der Waals surface area contributed by atoms with E-state index in [0.717, 1.165) is 12.8 Å². The fraction of sp³-hybridized carbons (Fsp3) is 0.400. The van der Waals surface area contributed by atoms with Crippen LogP contribution < -0.4 is 21.9 Å². The van der Waals surface area contributed by atoms with Gasteiger partial charge in [0.25, 0.3) is 11.5 Å². The van der Waals surface area contributed by atoms with Crippen molar-refractivity contribution in [2.24, 2.45) is 0 Å². The number of rotatable bonds is 6. The topological polar surface area (TPSA) is 101 Å². The zero-order valence-corrected chi connectivity index (χ0v) is 15.9. The first-order chi connectivity index (χ1) is 11.4. The minimum Gasteiger partial charge on any atom is -0.383 e. The number of nitrogens with one attached hydrogen (secondary N) is 1. The van der Waals surface area contributed by atoms with Crippen LogP contribution in [-0.2, 0) is 6.54 Å². The highest BCUT2D eigenvalue weighted by Crippen LogP contribution is 2.27. The van der Waals surface area contributed by atoms with Gasteiger partial charge in [0.05, 0.1) is 0 Å². The molecule has 7 nitrogen and oxygen atoms in total. The fourth-order valence-electron chi connectivity index (χ4n) is 2.35. The number of carbonyl (C=O) groups is 1. The number of nitrogens with two attached hydrogens (primary N) is 1. The van der Waals surface area contributed by atoms with Crippen molar-refractivity contribution in [2.45, 2.75) is 33.2 Å². The molecule has 0 aliphatic carbocycles. The number of aromatic nitrogens is 2. The molecule has 2 aromatic rings. The predicted molar refractivity (Wildman–Crippen MR) is 100 cm³/mol. The molecule has 2 aromatic heterocycles. The van der Waals surface area contributed by atoms with E-state index in [-0.39, 0.29) is 24.0 Å². The van der Waals surface area contributed by atoms with E-state index in [1.807, 2.05) is 6.92 Å². The maximum absolute atomic E-state index is 12.8. The van der Waals surface area contributed by atoms with Crippen LogP contribution in [0.2, 0.25) is 0 Å². The van der Waals surface area contributed by atoms with E-state index in [9.17, 15) is 14.4 Å². The summed E-state index contributed by atoms with van der Waals surface area (Å²) in [6, 6.07) is 1.77. The lowest BCUT2D eigenvalue weighted by molar-refractivity contribution is 0.0991. The second kappa shape index (κ2) is 7.80. The standard InChI is InChI=1S/C15H19BrN4O3S/c1-3-5-7-20-12(17)10(13(21)18-15(20)23)19(4-2)14(22)11-9(16)6-8-24-11/h6,8H,3-5,7,17H2,1-2H3,(H,18,21,23). The van der Waals surface area contributed by atoms with Crippen LogP contribution in [0.25, 0.3) is 0 Å². The monoisotopic (exact) mass is 414 g/mol. The summed E-state index contributed by atoms with van der Waals surface area (Å²) in [5.74, 6) is -0.322. The van der Waals surface area contributed by atoms with Crippen molar-refractivity contribution in [1.29, 1.82) is 0 Å². The van der Waals surface area contributed by atoms with Crippen LogP contribution in [0.1, 0.15) is 36.4 Å². The number of nitrogens with zero attached hydrogens (tertiary/aromatic N) is 2. The lowest BCUT2D eigenvalue weighted by atomic mass is 10.3. The van der Waals surface area contributed by atoms with E-state index in [0.29, 0.717) is 15.9 Å². The first-order valence-corrected chi connectivity index (χ1v) is 9.27. The molecular formula is C15H19BrN4O3S. The number of anilines is 2. The number of amides is 1. The van der Waals surface area contributed by atoms with Crippen molar-refractivity contribution in [1.82, 2.24) is 9.55 Å². The van der Waals surface area contributed by atoms with Crippen LogP contribution in [0.15, 0.2) is 25.5 Å². The molecule has 0 unspecified atom stereocenters. The first-order valence-electron chi connectivity index (χ1n) is 7.59. The number of H-pyrrole nitrogens is 1. The summed E-state index contributed by atoms with van der Waals surface area (Å²) in [7, 11) is 0. The molecule has 3 N–H and O–H groups in total. The highest BCUT2D eigenvalue weighted by molar-refractivity contribution is 9.10. The third-order valence-corrected chi connectivity index (χ3v) is 5.42. The maximum atomic E-state index is 12.8. The Morgan fingerprint density at radius 1 is 1.42 bits per heavy atom. The molecule has 130 valence electrons. The van der Waals surface area contributed by atoms with Gasteiger partial charge in [-0.3, -0.25) is 24.0 Å². The van der Waals surface area contributed by atoms with Crippen LogP contribution in [0.5, 0.6) is 0 Å². The van der Waals surface area contributed by atoms with Gasteiger partial charge < -0.3 is 5.73 Å². The summed E-state index contributed by atoms with van der Waals surface area (Å²) in [5, 5.41) is 1.78. The highest BCUT2D eigenvalue weighted by atomic mass is 79.9. The van der Waals surface area contributed by atoms with Gasteiger partial charge in [-0.15, -0.1) is 11.3 Å². The Hall–Kier alpha value is -1.87. The fourth-order valence-corrected chi connectivity index (χ4v) is 3.84. The Kier molecular flexibility index (Phi) is 6.00. The average molecular weight is 415 g/mol. The minimum absolute atomic E-state index is 0.0125. The zero-order chi connectivity index (χ0) is 17.9. The molecule has 0 fully saturated rings. The van der Waals surface area contributed by atoms with Gasteiger partial charge in [0, 0.05) is 17.6 Å². The van der Waals surface area contributed by atoms with Crippen molar-refractivity contribution in [2.75, 3.05) is 17.2 Å². The molecule has 0 radical (unpaired) electrons. The molecule has 9 heteroatoms. The average Bonchev–Trinajstić information content (AvgIpc) is 2.96. The van der Waals surface area contributed by atoms with Crippen LogP contribution in [0.4, 0.5) is 11.5 Å². The molecule has 2 heterocycles. The summed E-state index contributed by atoms with van der Waals surface area (Å²) in [6.45, 7) is 4.38. The van der Waals surface area contributed by atoms with Crippen LogP contribution >= 0.6 is 27.3 Å². The Morgan fingerprint density at radius 3 is 2.67 bits per heavy atom. The Balaban J connectivity index is 2.56. The second-order valence-electron chi connectivity index (χ2n) is 5.15. The second-order valence-corrected chi connectivity index (χ2v) is 6.92. The summed E-state index contributed by atoms with van der Waals surface area (Å²) in [5.41, 5.74) is 4.87. The minimum atomic E-state index is -0.659. The molecule has 1 amide bonds. The number of carbonyl (C=O) groups excluding carboxylic acids is 1. The number of unbranched alkanes of at least 4 members (excludes halogenated alkanes) is 1. The first kappa shape index (κ1) is 18.5. The Labute approximate surface area is 151 Å². The van der Waals surface area contributed by atoms with E-state index in [2.05, 4.69) is 20.9 Å². The van der Waals surface area contributed by atoms with E-state index in [1.165, 1.54) is 20.8 Å². The molecule has 2 rings (SSSR count). The molecular weight excluding hydrogens is 396 g/mol. The highest BCUT2D eigenvalue weighted by Gasteiger charge is 2.25. The van der Waals surface area contributed by atoms with Gasteiger partial charge in [-0.1, -0.05) is 13.3 Å². The van der Waals surface area contributed by atoms with Crippen LogP contribution in [0.3, 0.4) is 0 Å². The molecule has 0 aliphatic rings. The Morgan fingerprint density at radius 2 is 2.12 bits per heavy atom. The number of thiophene rings is 1. The van der Waals surface area contributed by atoms with E-state index < -0.39 is 11.2 Å². The summed E-state index contributed by atoms with van der Waals surface area (Å²) in [6.07, 6.45) is 1.62. The molecule has 0 aromatic carbocycles. The van der Waals surface area contributed by atoms with E-state index in [4.69, 9.17) is 5.73 Å². The quantitative estimate of drug-likeness (QED) is 0.757. The van der Waals surface area contributed by atoms with Crippen LogP contribution in [-0.4, -0.2) is 22.0 Å². The molecule has 0 saturated heterocycles. The number of aromatic amines is 1.